The van der Waals surface area contributed by atoms with Crippen molar-refractivity contribution in [2.24, 2.45) is 13.0 Å². The number of nitrogens with zero attached hydrogens (tertiary/aromatic N) is 5. The van der Waals surface area contributed by atoms with Gasteiger partial charge in [-0.2, -0.15) is 10.2 Å². The summed E-state index contributed by atoms with van der Waals surface area (Å²) in [6, 6.07) is 11.5. The van der Waals surface area contributed by atoms with Crippen LogP contribution in [0, 0.1) is 19.8 Å². The van der Waals surface area contributed by atoms with Gasteiger partial charge >= 0.3 is 0 Å². The molecule has 0 aliphatic heterocycles. The fourth-order valence-electron chi connectivity index (χ4n) is 3.84. The number of nitrogens with one attached hydrogen (secondary N) is 1. The number of hydrogen-bond donors (Lipinski definition) is 1. The van der Waals surface area contributed by atoms with Gasteiger partial charge < -0.3 is 10.1 Å². The maximum atomic E-state index is 13.2. The van der Waals surface area contributed by atoms with E-state index in [1.807, 2.05) is 68.2 Å². The molecule has 0 aliphatic carbocycles. The van der Waals surface area contributed by atoms with Crippen molar-refractivity contribution in [3.63, 3.8) is 0 Å². The van der Waals surface area contributed by atoms with Gasteiger partial charge in [-0.15, -0.1) is 0 Å². The lowest BCUT2D eigenvalue weighted by molar-refractivity contribution is 0.0948. The molecule has 0 radical (unpaired) electrons. The maximum Gasteiger partial charge on any atom is 0.252 e. The number of carbonyl (C=O) groups excluding carboxylic acids is 1. The molecular weight excluding hydrogens is 404 g/mol. The molecule has 0 saturated carbocycles. The average Bonchev–Trinajstić information content (AvgIpc) is 3.33. The van der Waals surface area contributed by atoms with Crippen LogP contribution in [0.1, 0.15) is 28.7 Å². The summed E-state index contributed by atoms with van der Waals surface area (Å²) in [5.41, 5.74) is 4.64. The second-order valence-electron chi connectivity index (χ2n) is 8.19. The smallest absolute Gasteiger partial charge is 0.252 e. The van der Waals surface area contributed by atoms with E-state index >= 15 is 0 Å². The summed E-state index contributed by atoms with van der Waals surface area (Å²) in [6.07, 6.45) is 1.96. The van der Waals surface area contributed by atoms with Crippen LogP contribution in [0.4, 0.5) is 0 Å². The number of ether oxygens (including phenoxy) is 1. The van der Waals surface area contributed by atoms with Gasteiger partial charge in [-0.1, -0.05) is 6.92 Å². The first-order valence-corrected chi connectivity index (χ1v) is 10.6. The zero-order chi connectivity index (χ0) is 22.8. The quantitative estimate of drug-likeness (QED) is 0.483. The number of aromatic nitrogens is 5. The molecule has 0 fully saturated rings. The van der Waals surface area contributed by atoms with Gasteiger partial charge in [-0.05, 0) is 56.2 Å². The van der Waals surface area contributed by atoms with Crippen LogP contribution >= 0.6 is 0 Å². The van der Waals surface area contributed by atoms with Gasteiger partial charge in [0.1, 0.15) is 5.75 Å². The summed E-state index contributed by atoms with van der Waals surface area (Å²) in [5, 5.41) is 12.8. The number of benzene rings is 1. The fraction of sp³-hybridized carbons (Fsp3) is 0.333. The molecule has 8 heteroatoms. The zero-order valence-electron chi connectivity index (χ0n) is 19.1. The number of carbonyl (C=O) groups is 1. The molecule has 1 unspecified atom stereocenters. The van der Waals surface area contributed by atoms with E-state index in [9.17, 15) is 4.79 Å². The van der Waals surface area contributed by atoms with E-state index in [2.05, 4.69) is 22.4 Å². The largest absolute Gasteiger partial charge is 0.497 e. The SMILES string of the molecule is COc1ccc(-c2cc(C(=O)NCC(C)Cn3ccc(C)n3)c3c(C)nn(C)c3n2)cc1. The van der Waals surface area contributed by atoms with Crippen LogP contribution in [-0.4, -0.2) is 44.1 Å². The first-order valence-electron chi connectivity index (χ1n) is 10.6. The van der Waals surface area contributed by atoms with Crippen molar-refractivity contribution in [1.29, 1.82) is 0 Å². The normalized spacial score (nSPS) is 12.2. The molecule has 166 valence electrons. The predicted molar refractivity (Wildman–Crippen MR) is 124 cm³/mol. The van der Waals surface area contributed by atoms with E-state index in [1.54, 1.807) is 11.8 Å². The summed E-state index contributed by atoms with van der Waals surface area (Å²) in [6.45, 7) is 7.24. The highest BCUT2D eigenvalue weighted by Gasteiger charge is 2.20. The zero-order valence-corrected chi connectivity index (χ0v) is 19.1. The average molecular weight is 433 g/mol. The van der Waals surface area contributed by atoms with Gasteiger partial charge in [0.15, 0.2) is 5.65 Å². The van der Waals surface area contributed by atoms with Crippen LogP contribution in [0.2, 0.25) is 0 Å². The van der Waals surface area contributed by atoms with Crippen molar-refractivity contribution < 1.29 is 9.53 Å². The lowest BCUT2D eigenvalue weighted by Crippen LogP contribution is -2.30. The van der Waals surface area contributed by atoms with Crippen LogP contribution in [-0.2, 0) is 13.6 Å². The monoisotopic (exact) mass is 432 g/mol. The van der Waals surface area contributed by atoms with E-state index < -0.39 is 0 Å². The van der Waals surface area contributed by atoms with Gasteiger partial charge in [0.2, 0.25) is 0 Å². The molecule has 0 saturated heterocycles. The van der Waals surface area contributed by atoms with Crippen molar-refractivity contribution >= 4 is 16.9 Å². The van der Waals surface area contributed by atoms with Crippen molar-refractivity contribution in [2.75, 3.05) is 13.7 Å². The van der Waals surface area contributed by atoms with E-state index in [4.69, 9.17) is 9.72 Å². The highest BCUT2D eigenvalue weighted by atomic mass is 16.5. The Labute approximate surface area is 187 Å². The minimum atomic E-state index is -0.133. The van der Waals surface area contributed by atoms with Crippen molar-refractivity contribution in [3.8, 4) is 17.0 Å². The highest BCUT2D eigenvalue weighted by molar-refractivity contribution is 6.07. The standard InChI is InChI=1S/C24H28N6O2/c1-15(14-30-11-10-16(2)27-30)13-25-24(31)20-12-21(18-6-8-19(32-5)9-7-18)26-23-22(20)17(3)28-29(23)4/h6-12,15H,13-14H2,1-5H3,(H,25,31). The molecule has 3 aromatic heterocycles. The van der Waals surface area contributed by atoms with Gasteiger partial charge in [0.25, 0.3) is 5.91 Å². The number of fused-ring (bicyclic) bond motifs is 1. The third-order valence-electron chi connectivity index (χ3n) is 5.48. The lowest BCUT2D eigenvalue weighted by atomic mass is 10.0. The number of methoxy groups -OCH3 is 1. The topological polar surface area (TPSA) is 86.9 Å². The Balaban J connectivity index is 1.61. The summed E-state index contributed by atoms with van der Waals surface area (Å²) >= 11 is 0. The third kappa shape index (κ3) is 4.34. The number of aryl methyl sites for hydroxylation is 3. The molecular formula is C24H28N6O2. The van der Waals surface area contributed by atoms with Crippen molar-refractivity contribution in [2.45, 2.75) is 27.3 Å². The third-order valence-corrected chi connectivity index (χ3v) is 5.48. The van der Waals surface area contributed by atoms with E-state index in [1.165, 1.54) is 0 Å². The molecule has 1 amide bonds. The minimum Gasteiger partial charge on any atom is -0.497 e. The molecule has 1 aromatic carbocycles. The number of pyridine rings is 1. The van der Waals surface area contributed by atoms with Gasteiger partial charge in [-0.3, -0.25) is 14.2 Å². The summed E-state index contributed by atoms with van der Waals surface area (Å²) in [7, 11) is 3.48. The lowest BCUT2D eigenvalue weighted by Gasteiger charge is -2.14. The number of amides is 1. The molecule has 0 bridgehead atoms. The van der Waals surface area contributed by atoms with Crippen LogP contribution in [0.15, 0.2) is 42.6 Å². The first kappa shape index (κ1) is 21.5. The fourth-order valence-corrected chi connectivity index (χ4v) is 3.84. The summed E-state index contributed by atoms with van der Waals surface area (Å²) < 4.78 is 8.88. The molecule has 4 aromatic rings. The van der Waals surface area contributed by atoms with Crippen LogP contribution in [0.5, 0.6) is 5.75 Å². The van der Waals surface area contributed by atoms with Crippen LogP contribution in [0.25, 0.3) is 22.3 Å². The van der Waals surface area contributed by atoms with Gasteiger partial charge in [0.05, 0.1) is 35.1 Å². The molecule has 1 atom stereocenters. The summed E-state index contributed by atoms with van der Waals surface area (Å²) in [4.78, 5) is 18.0. The minimum absolute atomic E-state index is 0.133. The van der Waals surface area contributed by atoms with Gasteiger partial charge in [0, 0.05) is 31.9 Å². The second kappa shape index (κ2) is 8.82. The maximum absolute atomic E-state index is 13.2. The van der Waals surface area contributed by atoms with Crippen molar-refractivity contribution in [1.82, 2.24) is 29.9 Å². The summed E-state index contributed by atoms with van der Waals surface area (Å²) in [5.74, 6) is 0.865. The van der Waals surface area contributed by atoms with Crippen LogP contribution in [0.3, 0.4) is 0 Å². The number of hydrogen-bond acceptors (Lipinski definition) is 5. The first-order chi connectivity index (χ1) is 15.4. The molecule has 0 aliphatic rings. The molecule has 4 rings (SSSR count). The van der Waals surface area contributed by atoms with Gasteiger partial charge in [-0.25, -0.2) is 4.98 Å². The predicted octanol–water partition coefficient (Wildman–Crippen LogP) is 3.52. The Kier molecular flexibility index (Phi) is 5.94. The highest BCUT2D eigenvalue weighted by Crippen LogP contribution is 2.28. The molecule has 3 heterocycles. The van der Waals surface area contributed by atoms with E-state index in [0.29, 0.717) is 23.4 Å². The van der Waals surface area contributed by atoms with E-state index in [0.717, 1.165) is 34.6 Å². The Hall–Kier alpha value is -3.68. The van der Waals surface area contributed by atoms with E-state index in [-0.39, 0.29) is 11.8 Å². The number of rotatable bonds is 7. The van der Waals surface area contributed by atoms with Crippen LogP contribution < -0.4 is 10.1 Å². The second-order valence-corrected chi connectivity index (χ2v) is 8.19. The molecule has 0 spiro atoms. The van der Waals surface area contributed by atoms with Crippen molar-refractivity contribution in [3.05, 3.63) is 59.5 Å². The molecule has 32 heavy (non-hydrogen) atoms. The molecule has 1 N–H and O–H groups in total. The Morgan fingerprint density at radius 1 is 1.16 bits per heavy atom. The molecule has 8 nitrogen and oxygen atoms in total. The Morgan fingerprint density at radius 3 is 2.56 bits per heavy atom. The Bertz CT molecular complexity index is 1260. The Morgan fingerprint density at radius 2 is 1.91 bits per heavy atom.